The van der Waals surface area contributed by atoms with Gasteiger partial charge in [0.05, 0.1) is 6.61 Å². The summed E-state index contributed by atoms with van der Waals surface area (Å²) in [6.07, 6.45) is 12.5. The number of esters is 1. The molecule has 0 bridgehead atoms. The van der Waals surface area contributed by atoms with E-state index in [0.717, 1.165) is 18.8 Å². The molecule has 31 heavy (non-hydrogen) atoms. The van der Waals surface area contributed by atoms with Crippen LogP contribution in [0, 0.1) is 11.8 Å². The Hall–Kier alpha value is -1.61. The van der Waals surface area contributed by atoms with E-state index in [-0.39, 0.29) is 24.4 Å². The van der Waals surface area contributed by atoms with Crippen LogP contribution in [0.15, 0.2) is 36.4 Å². The number of carbonyl (C=O) groups is 1. The average molecular weight is 429 g/mol. The lowest BCUT2D eigenvalue weighted by atomic mass is 9.76. The minimum atomic E-state index is -0.337. The molecule has 174 valence electrons. The van der Waals surface area contributed by atoms with Crippen LogP contribution in [0.5, 0.6) is 0 Å². The van der Waals surface area contributed by atoms with E-state index in [2.05, 4.69) is 44.7 Å². The van der Waals surface area contributed by atoms with Crippen LogP contribution in [0.3, 0.4) is 0 Å². The van der Waals surface area contributed by atoms with Crippen molar-refractivity contribution in [2.45, 2.75) is 96.8 Å². The largest absolute Gasteiger partial charge is 0.462 e. The third-order valence-electron chi connectivity index (χ3n) is 7.23. The van der Waals surface area contributed by atoms with E-state index < -0.39 is 0 Å². The number of aliphatic hydroxyl groups excluding tert-OH is 1. The monoisotopic (exact) mass is 428 g/mol. The maximum absolute atomic E-state index is 11.9. The minimum absolute atomic E-state index is 0.101. The fourth-order valence-electron chi connectivity index (χ4n) is 5.13. The van der Waals surface area contributed by atoms with Gasteiger partial charge in [-0.25, -0.2) is 4.79 Å². The molecular weight excluding hydrogens is 384 g/mol. The van der Waals surface area contributed by atoms with Crippen molar-refractivity contribution in [3.05, 3.63) is 47.5 Å². The molecule has 1 aliphatic carbocycles. The van der Waals surface area contributed by atoms with Crippen molar-refractivity contribution in [3.8, 4) is 0 Å². The number of hydrogen-bond acceptors (Lipinski definition) is 3. The number of rotatable bonds is 13. The Labute approximate surface area is 190 Å². The maximum Gasteiger partial charge on any atom is 0.333 e. The Bertz CT molecular complexity index is 655. The van der Waals surface area contributed by atoms with Gasteiger partial charge in [0.1, 0.15) is 0 Å². The number of ether oxygens (including phenoxy) is 1. The molecule has 2 unspecified atom stereocenters. The molecule has 2 rings (SSSR count). The lowest BCUT2D eigenvalue weighted by Crippen LogP contribution is -2.21. The highest BCUT2D eigenvalue weighted by molar-refractivity contribution is 5.86. The normalized spacial score (nSPS) is 20.8. The molecule has 1 aliphatic rings. The van der Waals surface area contributed by atoms with Crippen molar-refractivity contribution in [2.24, 2.45) is 11.8 Å². The van der Waals surface area contributed by atoms with Crippen molar-refractivity contribution in [1.82, 2.24) is 0 Å². The molecule has 1 saturated carbocycles. The highest BCUT2D eigenvalue weighted by atomic mass is 16.5. The van der Waals surface area contributed by atoms with E-state index in [0.29, 0.717) is 18.1 Å². The second-order valence-electron chi connectivity index (χ2n) is 9.55. The number of hydrogen-bond donors (Lipinski definition) is 1. The molecular formula is C28H44O3. The molecule has 0 amide bonds. The van der Waals surface area contributed by atoms with Crippen LogP contribution in [0.25, 0.3) is 0 Å². The van der Waals surface area contributed by atoms with Crippen LogP contribution in [0.2, 0.25) is 0 Å². The summed E-state index contributed by atoms with van der Waals surface area (Å²) in [7, 11) is 0. The quantitative estimate of drug-likeness (QED) is 0.206. The van der Waals surface area contributed by atoms with Crippen LogP contribution in [-0.2, 0) is 9.53 Å². The van der Waals surface area contributed by atoms with Crippen LogP contribution < -0.4 is 0 Å². The Balaban J connectivity index is 2.01. The zero-order valence-corrected chi connectivity index (χ0v) is 20.1. The van der Waals surface area contributed by atoms with Gasteiger partial charge >= 0.3 is 5.97 Å². The first-order valence-corrected chi connectivity index (χ1v) is 12.5. The van der Waals surface area contributed by atoms with Gasteiger partial charge in [0.15, 0.2) is 0 Å². The van der Waals surface area contributed by atoms with Gasteiger partial charge in [-0.3, -0.25) is 0 Å². The highest BCUT2D eigenvalue weighted by Gasteiger charge is 2.25. The number of unbranched alkanes of at least 4 members (excludes halogenated alkanes) is 2. The maximum atomic E-state index is 11.9. The molecule has 0 aromatic heterocycles. The van der Waals surface area contributed by atoms with E-state index in [4.69, 9.17) is 4.74 Å². The minimum Gasteiger partial charge on any atom is -0.462 e. The lowest BCUT2D eigenvalue weighted by Gasteiger charge is -2.30. The Morgan fingerprint density at radius 2 is 1.81 bits per heavy atom. The Morgan fingerprint density at radius 3 is 2.35 bits per heavy atom. The van der Waals surface area contributed by atoms with Crippen LogP contribution in [0.4, 0.5) is 0 Å². The average Bonchev–Trinajstić information content (AvgIpc) is 2.79. The molecule has 3 heteroatoms. The molecule has 1 N–H and O–H groups in total. The third kappa shape index (κ3) is 8.11. The fraction of sp³-hybridized carbons (Fsp3) is 0.679. The van der Waals surface area contributed by atoms with Crippen molar-refractivity contribution in [1.29, 1.82) is 0 Å². The molecule has 1 aromatic carbocycles. The first-order valence-electron chi connectivity index (χ1n) is 12.5. The summed E-state index contributed by atoms with van der Waals surface area (Å²) in [5.41, 5.74) is 3.07. The predicted octanol–water partition coefficient (Wildman–Crippen LogP) is 7.15. The summed E-state index contributed by atoms with van der Waals surface area (Å²) in [6, 6.07) is 9.03. The topological polar surface area (TPSA) is 46.5 Å². The van der Waals surface area contributed by atoms with Gasteiger partial charge in [0, 0.05) is 18.1 Å². The molecule has 2 atom stereocenters. The number of carbonyl (C=O) groups excluding carboxylic acids is 1. The van der Waals surface area contributed by atoms with E-state index in [1.165, 1.54) is 62.5 Å². The lowest BCUT2D eigenvalue weighted by molar-refractivity contribution is -0.139. The smallest absolute Gasteiger partial charge is 0.333 e. The van der Waals surface area contributed by atoms with Crippen molar-refractivity contribution >= 4 is 5.97 Å². The molecule has 0 aliphatic heterocycles. The molecule has 1 aromatic rings. The number of aliphatic hydroxyl groups is 1. The van der Waals surface area contributed by atoms with Gasteiger partial charge < -0.3 is 9.84 Å². The number of benzene rings is 1. The fourth-order valence-corrected chi connectivity index (χ4v) is 5.13. The van der Waals surface area contributed by atoms with E-state index >= 15 is 0 Å². The zero-order chi connectivity index (χ0) is 22.6. The van der Waals surface area contributed by atoms with Crippen molar-refractivity contribution in [2.75, 3.05) is 13.2 Å². The zero-order valence-electron chi connectivity index (χ0n) is 20.1. The highest BCUT2D eigenvalue weighted by Crippen LogP contribution is 2.38. The second kappa shape index (κ2) is 13.7. The standard InChI is InChI=1S/C28H44O3/c1-5-7-8-9-22-10-12-24(13-11-22)25-14-16-26(17-15-25)27(23(6-2)18-19-29)20-31-28(30)21(3)4/h14-17,22-24,27,29H,3,5-13,18-20H2,1-2,4H3. The summed E-state index contributed by atoms with van der Waals surface area (Å²) in [6.45, 7) is 10.3. The molecule has 0 radical (unpaired) electrons. The van der Waals surface area contributed by atoms with Crippen LogP contribution in [0.1, 0.15) is 108 Å². The van der Waals surface area contributed by atoms with Gasteiger partial charge in [-0.05, 0) is 67.9 Å². The van der Waals surface area contributed by atoms with Crippen molar-refractivity contribution in [3.63, 3.8) is 0 Å². The summed E-state index contributed by atoms with van der Waals surface area (Å²) < 4.78 is 5.53. The van der Waals surface area contributed by atoms with E-state index in [1.807, 2.05) is 0 Å². The van der Waals surface area contributed by atoms with E-state index in [1.54, 1.807) is 6.92 Å². The Kier molecular flexibility index (Phi) is 11.4. The first-order chi connectivity index (χ1) is 15.0. The molecule has 0 heterocycles. The molecule has 0 spiro atoms. The van der Waals surface area contributed by atoms with Crippen LogP contribution in [-0.4, -0.2) is 24.3 Å². The van der Waals surface area contributed by atoms with E-state index in [9.17, 15) is 9.90 Å². The second-order valence-corrected chi connectivity index (χ2v) is 9.55. The summed E-state index contributed by atoms with van der Waals surface area (Å²) in [4.78, 5) is 11.9. The molecule has 1 fully saturated rings. The van der Waals surface area contributed by atoms with Crippen LogP contribution >= 0.6 is 0 Å². The molecule has 0 saturated heterocycles. The van der Waals surface area contributed by atoms with Crippen molar-refractivity contribution < 1.29 is 14.6 Å². The van der Waals surface area contributed by atoms with Gasteiger partial charge in [-0.1, -0.05) is 76.8 Å². The third-order valence-corrected chi connectivity index (χ3v) is 7.23. The summed E-state index contributed by atoms with van der Waals surface area (Å²) in [5, 5.41) is 9.51. The predicted molar refractivity (Wildman–Crippen MR) is 129 cm³/mol. The summed E-state index contributed by atoms with van der Waals surface area (Å²) >= 11 is 0. The Morgan fingerprint density at radius 1 is 1.13 bits per heavy atom. The van der Waals surface area contributed by atoms with Gasteiger partial charge in [-0.15, -0.1) is 0 Å². The SMILES string of the molecule is C=C(C)C(=O)OCC(c1ccc(C2CCC(CCCCC)CC2)cc1)C(CC)CCO. The molecule has 3 nitrogen and oxygen atoms in total. The summed E-state index contributed by atoms with van der Waals surface area (Å²) in [5.74, 6) is 1.65. The van der Waals surface area contributed by atoms with Gasteiger partial charge in [0.2, 0.25) is 0 Å². The first kappa shape index (κ1) is 25.6. The van der Waals surface area contributed by atoms with Gasteiger partial charge in [0.25, 0.3) is 0 Å². The van der Waals surface area contributed by atoms with Gasteiger partial charge in [-0.2, -0.15) is 0 Å².